The summed E-state index contributed by atoms with van der Waals surface area (Å²) >= 11 is 6.20. The van der Waals surface area contributed by atoms with Crippen molar-refractivity contribution in [2.75, 3.05) is 19.8 Å². The number of hydrogen-bond donors (Lipinski definition) is 1. The molecule has 0 aromatic heterocycles. The molecule has 82 valence electrons. The third kappa shape index (κ3) is 4.81. The van der Waals surface area contributed by atoms with Gasteiger partial charge in [0, 0.05) is 19.8 Å². The minimum atomic E-state index is -0.928. The maximum absolute atomic E-state index is 11.5. The summed E-state index contributed by atoms with van der Waals surface area (Å²) in [7, 11) is 3.59. The van der Waals surface area contributed by atoms with Gasteiger partial charge < -0.3 is 10.6 Å². The largest absolute Gasteiger partial charge is 0.401 e. The molecule has 0 fully saturated rings. The van der Waals surface area contributed by atoms with Crippen molar-refractivity contribution in [1.29, 1.82) is 5.26 Å². The summed E-state index contributed by atoms with van der Waals surface area (Å²) in [4.78, 5) is 13.2. The molecular formula is C9H13N3OS2. The number of ketones is 1. The first-order valence-electron chi connectivity index (χ1n) is 4.10. The average molecular weight is 243 g/mol. The molecule has 15 heavy (non-hydrogen) atoms. The molecule has 0 saturated carbocycles. The molecule has 1 atom stereocenters. The molecule has 0 amide bonds. The second-order valence-electron chi connectivity index (χ2n) is 3.05. The van der Waals surface area contributed by atoms with Crippen LogP contribution in [0, 0.1) is 17.2 Å². The van der Waals surface area contributed by atoms with Crippen molar-refractivity contribution in [1.82, 2.24) is 4.90 Å². The lowest BCUT2D eigenvalue weighted by Gasteiger charge is -2.13. The number of carbonyl (C=O) groups is 1. The SMILES string of the molecule is C=C(N)[C@H](C#N)C(=O)CSC(=S)N(C)C. The number of hydrogen-bond acceptors (Lipinski definition) is 5. The third-order valence-corrected chi connectivity index (χ3v) is 3.28. The number of thiocarbonyl (C=S) groups is 1. The molecule has 0 spiro atoms. The molecule has 0 heterocycles. The van der Waals surface area contributed by atoms with Crippen LogP contribution in [0.25, 0.3) is 0 Å². The molecule has 0 radical (unpaired) electrons. The van der Waals surface area contributed by atoms with Gasteiger partial charge in [0.25, 0.3) is 0 Å². The molecular weight excluding hydrogens is 230 g/mol. The number of thioether (sulfide) groups is 1. The predicted molar refractivity (Wildman–Crippen MR) is 66.2 cm³/mol. The maximum atomic E-state index is 11.5. The highest BCUT2D eigenvalue weighted by molar-refractivity contribution is 8.23. The Kier molecular flexibility index (Phi) is 5.97. The number of carbonyl (C=O) groups excluding carboxylic acids is 1. The van der Waals surface area contributed by atoms with E-state index in [0.717, 1.165) is 0 Å². The van der Waals surface area contributed by atoms with Crippen LogP contribution in [0.15, 0.2) is 12.3 Å². The number of allylic oxidation sites excluding steroid dienone is 1. The van der Waals surface area contributed by atoms with Crippen LogP contribution in [-0.2, 0) is 4.79 Å². The van der Waals surface area contributed by atoms with Crippen LogP contribution < -0.4 is 5.73 Å². The van der Waals surface area contributed by atoms with E-state index in [2.05, 4.69) is 6.58 Å². The van der Waals surface area contributed by atoms with Gasteiger partial charge in [-0.1, -0.05) is 30.6 Å². The van der Waals surface area contributed by atoms with E-state index in [4.69, 9.17) is 23.2 Å². The first-order valence-corrected chi connectivity index (χ1v) is 5.50. The molecule has 0 aromatic carbocycles. The predicted octanol–water partition coefficient (Wildman–Crippen LogP) is 0.747. The minimum Gasteiger partial charge on any atom is -0.401 e. The van der Waals surface area contributed by atoms with E-state index in [-0.39, 0.29) is 17.2 Å². The second-order valence-corrected chi connectivity index (χ2v) is 4.66. The lowest BCUT2D eigenvalue weighted by molar-refractivity contribution is -0.117. The van der Waals surface area contributed by atoms with Gasteiger partial charge in [0.1, 0.15) is 10.2 Å². The summed E-state index contributed by atoms with van der Waals surface area (Å²) in [6.07, 6.45) is 0. The molecule has 0 unspecified atom stereocenters. The van der Waals surface area contributed by atoms with Crippen LogP contribution >= 0.6 is 24.0 Å². The fourth-order valence-electron chi connectivity index (χ4n) is 0.707. The van der Waals surface area contributed by atoms with Crippen molar-refractivity contribution in [3.05, 3.63) is 12.3 Å². The van der Waals surface area contributed by atoms with Gasteiger partial charge >= 0.3 is 0 Å². The van der Waals surface area contributed by atoms with Crippen LogP contribution in [0.4, 0.5) is 0 Å². The molecule has 0 bridgehead atoms. The van der Waals surface area contributed by atoms with Crippen molar-refractivity contribution < 1.29 is 4.79 Å². The van der Waals surface area contributed by atoms with Crippen molar-refractivity contribution in [2.45, 2.75) is 0 Å². The van der Waals surface area contributed by atoms with E-state index in [1.807, 2.05) is 6.07 Å². The molecule has 0 rings (SSSR count). The van der Waals surface area contributed by atoms with Gasteiger partial charge in [-0.25, -0.2) is 0 Å². The fraction of sp³-hybridized carbons (Fsp3) is 0.444. The zero-order valence-electron chi connectivity index (χ0n) is 8.69. The normalized spacial score (nSPS) is 11.3. The van der Waals surface area contributed by atoms with E-state index >= 15 is 0 Å². The number of nitrogens with zero attached hydrogens (tertiary/aromatic N) is 2. The van der Waals surface area contributed by atoms with Crippen molar-refractivity contribution in [2.24, 2.45) is 11.7 Å². The molecule has 4 nitrogen and oxygen atoms in total. The number of Topliss-reactive ketones (excluding diaryl/α,β-unsaturated/α-hetero) is 1. The van der Waals surface area contributed by atoms with E-state index in [0.29, 0.717) is 4.32 Å². The van der Waals surface area contributed by atoms with Crippen LogP contribution in [0.2, 0.25) is 0 Å². The highest BCUT2D eigenvalue weighted by Crippen LogP contribution is 2.12. The van der Waals surface area contributed by atoms with E-state index in [1.165, 1.54) is 11.8 Å². The first-order chi connectivity index (χ1) is 6.90. The Hall–Kier alpha value is -1.06. The Bertz CT molecular complexity index is 320. The van der Waals surface area contributed by atoms with Gasteiger partial charge in [-0.05, 0) is 0 Å². The average Bonchev–Trinajstić information content (AvgIpc) is 2.14. The summed E-state index contributed by atoms with van der Waals surface area (Å²) < 4.78 is 0.600. The number of rotatable bonds is 4. The topological polar surface area (TPSA) is 70.1 Å². The Morgan fingerprint density at radius 3 is 2.60 bits per heavy atom. The first kappa shape index (κ1) is 13.9. The van der Waals surface area contributed by atoms with Gasteiger partial charge in [0.15, 0.2) is 5.78 Å². The lowest BCUT2D eigenvalue weighted by atomic mass is 10.1. The highest BCUT2D eigenvalue weighted by Gasteiger charge is 2.19. The molecule has 0 aliphatic carbocycles. The van der Waals surface area contributed by atoms with E-state index < -0.39 is 5.92 Å². The van der Waals surface area contributed by atoms with Crippen molar-refractivity contribution in [3.63, 3.8) is 0 Å². The maximum Gasteiger partial charge on any atom is 0.166 e. The van der Waals surface area contributed by atoms with Crippen LogP contribution in [-0.4, -0.2) is 34.9 Å². The molecule has 0 aliphatic rings. The van der Waals surface area contributed by atoms with Crippen LogP contribution in [0.3, 0.4) is 0 Å². The second kappa shape index (κ2) is 6.43. The summed E-state index contributed by atoms with van der Waals surface area (Å²) in [5.74, 6) is -1.05. The summed E-state index contributed by atoms with van der Waals surface area (Å²) in [5.41, 5.74) is 5.41. The molecule has 0 aromatic rings. The zero-order valence-corrected chi connectivity index (χ0v) is 10.3. The summed E-state index contributed by atoms with van der Waals surface area (Å²) in [5, 5.41) is 8.68. The Balaban J connectivity index is 4.21. The zero-order chi connectivity index (χ0) is 12.0. The standard InChI is InChI=1S/C9H13N3OS2/c1-6(11)7(4-10)8(13)5-15-9(14)12(2)3/h7H,1,5,11H2,2-3H3/t7-/m0/s1. The smallest absolute Gasteiger partial charge is 0.166 e. The minimum absolute atomic E-state index is 0.0823. The van der Waals surface area contributed by atoms with Crippen molar-refractivity contribution in [3.8, 4) is 6.07 Å². The molecule has 0 saturated heterocycles. The third-order valence-electron chi connectivity index (χ3n) is 1.52. The quantitative estimate of drug-likeness (QED) is 0.735. The number of nitriles is 1. The van der Waals surface area contributed by atoms with Crippen molar-refractivity contribution >= 4 is 34.1 Å². The lowest BCUT2D eigenvalue weighted by Crippen LogP contribution is -2.23. The van der Waals surface area contributed by atoms with Crippen LogP contribution in [0.1, 0.15) is 0 Å². The number of nitrogens with two attached hydrogens (primary N) is 1. The fourth-order valence-corrected chi connectivity index (χ4v) is 1.57. The molecule has 6 heteroatoms. The van der Waals surface area contributed by atoms with Gasteiger partial charge in [-0.3, -0.25) is 4.79 Å². The molecule has 2 N–H and O–H groups in total. The van der Waals surface area contributed by atoms with Gasteiger partial charge in [0.05, 0.1) is 11.8 Å². The van der Waals surface area contributed by atoms with Gasteiger partial charge in [-0.2, -0.15) is 5.26 Å². The van der Waals surface area contributed by atoms with E-state index in [9.17, 15) is 4.79 Å². The highest BCUT2D eigenvalue weighted by atomic mass is 32.2. The van der Waals surface area contributed by atoms with Crippen LogP contribution in [0.5, 0.6) is 0 Å². The monoisotopic (exact) mass is 243 g/mol. The van der Waals surface area contributed by atoms with Gasteiger partial charge in [0.2, 0.25) is 0 Å². The van der Waals surface area contributed by atoms with Gasteiger partial charge in [-0.15, -0.1) is 0 Å². The molecule has 0 aliphatic heterocycles. The summed E-state index contributed by atoms with van der Waals surface area (Å²) in [6, 6.07) is 1.81. The Morgan fingerprint density at radius 1 is 1.73 bits per heavy atom. The summed E-state index contributed by atoms with van der Waals surface area (Å²) in [6.45, 7) is 3.39. The Labute approximate surface area is 99.1 Å². The Morgan fingerprint density at radius 2 is 2.27 bits per heavy atom. The van der Waals surface area contributed by atoms with E-state index in [1.54, 1.807) is 19.0 Å².